The lowest BCUT2D eigenvalue weighted by molar-refractivity contribution is 0.186. The van der Waals surface area contributed by atoms with E-state index in [0.717, 1.165) is 60.5 Å². The Bertz CT molecular complexity index is 1480. The highest BCUT2D eigenvalue weighted by molar-refractivity contribution is 5.81. The summed E-state index contributed by atoms with van der Waals surface area (Å²) in [5.74, 6) is 1.54. The molecule has 3 heterocycles. The number of pyridine rings is 1. The van der Waals surface area contributed by atoms with Gasteiger partial charge >= 0.3 is 0 Å². The van der Waals surface area contributed by atoms with Crippen molar-refractivity contribution in [3.63, 3.8) is 0 Å². The van der Waals surface area contributed by atoms with Gasteiger partial charge in [0.1, 0.15) is 11.8 Å². The van der Waals surface area contributed by atoms with Crippen molar-refractivity contribution in [2.24, 2.45) is 0 Å². The Labute approximate surface area is 223 Å². The number of rotatable bonds is 7. The number of hydrogen-bond donors (Lipinski definition) is 1. The van der Waals surface area contributed by atoms with Gasteiger partial charge in [-0.15, -0.1) is 5.10 Å². The highest BCUT2D eigenvalue weighted by Crippen LogP contribution is 2.32. The minimum absolute atomic E-state index is 0.104. The minimum Gasteiger partial charge on any atom is -0.497 e. The van der Waals surface area contributed by atoms with Gasteiger partial charge in [0.05, 0.1) is 12.6 Å². The van der Waals surface area contributed by atoms with Gasteiger partial charge in [0.2, 0.25) is 0 Å². The Morgan fingerprint density at radius 2 is 1.71 bits per heavy atom. The fourth-order valence-electron chi connectivity index (χ4n) is 5.17. The van der Waals surface area contributed by atoms with Crippen LogP contribution in [-0.2, 0) is 5.54 Å². The predicted molar refractivity (Wildman–Crippen MR) is 150 cm³/mol. The van der Waals surface area contributed by atoms with Gasteiger partial charge in [-0.25, -0.2) is 4.68 Å². The third kappa shape index (κ3) is 4.78. The second-order valence-electron chi connectivity index (χ2n) is 10.8. The number of H-pyrrole nitrogens is 1. The number of tetrazole rings is 1. The van der Waals surface area contributed by atoms with E-state index in [1.807, 2.05) is 28.9 Å². The number of ether oxygens (including phenoxy) is 1. The molecule has 1 fully saturated rings. The summed E-state index contributed by atoms with van der Waals surface area (Å²) in [6.45, 7) is 13.7. The predicted octanol–water partition coefficient (Wildman–Crippen LogP) is 4.20. The summed E-state index contributed by atoms with van der Waals surface area (Å²) >= 11 is 0. The average molecular weight is 516 g/mol. The molecule has 1 unspecified atom stereocenters. The molecule has 4 aromatic rings. The Morgan fingerprint density at radius 1 is 1.03 bits per heavy atom. The van der Waals surface area contributed by atoms with Crippen LogP contribution < -0.4 is 15.2 Å². The molecule has 0 bridgehead atoms. The summed E-state index contributed by atoms with van der Waals surface area (Å²) in [6.07, 6.45) is 0.857. The first-order chi connectivity index (χ1) is 18.2. The molecule has 1 N–H and O–H groups in total. The lowest BCUT2D eigenvalue weighted by Gasteiger charge is -2.40. The molecule has 38 heavy (non-hydrogen) atoms. The van der Waals surface area contributed by atoms with Crippen LogP contribution in [0, 0.1) is 13.8 Å². The summed E-state index contributed by atoms with van der Waals surface area (Å²) in [4.78, 5) is 21.4. The lowest BCUT2D eigenvalue weighted by atomic mass is 9.98. The number of hydrogen-bond acceptors (Lipinski definition) is 7. The Hall–Kier alpha value is -3.72. The SMILES string of the molecule is CCC(C)(C)n1nnnc1C(c1cc2cc(C)c(C)cc2[nH]c1=O)N1CCN(c2ccc(OC)cc2)CC1. The van der Waals surface area contributed by atoms with Gasteiger partial charge in [0.15, 0.2) is 5.82 Å². The summed E-state index contributed by atoms with van der Waals surface area (Å²) in [5, 5.41) is 14.0. The molecule has 2 aromatic carbocycles. The Morgan fingerprint density at radius 3 is 2.37 bits per heavy atom. The van der Waals surface area contributed by atoms with Crippen LogP contribution in [0.1, 0.15) is 55.7 Å². The molecule has 0 spiro atoms. The van der Waals surface area contributed by atoms with Crippen LogP contribution >= 0.6 is 0 Å². The third-order valence-corrected chi connectivity index (χ3v) is 8.08. The van der Waals surface area contributed by atoms with Crippen molar-refractivity contribution in [2.75, 3.05) is 38.2 Å². The molecule has 200 valence electrons. The maximum absolute atomic E-state index is 13.6. The van der Waals surface area contributed by atoms with E-state index in [1.165, 1.54) is 5.56 Å². The quantitative estimate of drug-likeness (QED) is 0.394. The van der Waals surface area contributed by atoms with Crippen LogP contribution in [0.5, 0.6) is 5.75 Å². The summed E-state index contributed by atoms with van der Waals surface area (Å²) in [6, 6.07) is 14.0. The normalized spacial score (nSPS) is 15.7. The molecule has 0 amide bonds. The van der Waals surface area contributed by atoms with Gasteiger partial charge in [0, 0.05) is 42.9 Å². The standard InChI is InChI=1S/C29H37N7O2/c1-7-29(4,5)36-27(31-32-33-36)26(24-18-21-16-19(2)20(3)17-25(21)30-28(24)37)35-14-12-34(13-15-35)22-8-10-23(38-6)11-9-22/h8-11,16-18,26H,7,12-15H2,1-6H3,(H,30,37). The lowest BCUT2D eigenvalue weighted by Crippen LogP contribution is -2.49. The smallest absolute Gasteiger partial charge is 0.253 e. The van der Waals surface area contributed by atoms with Gasteiger partial charge in [-0.05, 0) is 104 Å². The van der Waals surface area contributed by atoms with E-state index in [9.17, 15) is 4.79 Å². The summed E-state index contributed by atoms with van der Waals surface area (Å²) in [7, 11) is 1.68. The van der Waals surface area contributed by atoms with Crippen LogP contribution in [0.2, 0.25) is 0 Å². The zero-order chi connectivity index (χ0) is 27.0. The molecule has 5 rings (SSSR count). The number of aromatic nitrogens is 5. The van der Waals surface area contributed by atoms with Crippen molar-refractivity contribution in [3.8, 4) is 5.75 Å². The van der Waals surface area contributed by atoms with E-state index in [2.05, 4.69) is 83.1 Å². The van der Waals surface area contributed by atoms with Crippen LogP contribution in [0.4, 0.5) is 5.69 Å². The van der Waals surface area contributed by atoms with E-state index >= 15 is 0 Å². The molecule has 1 aliphatic heterocycles. The number of nitrogens with zero attached hydrogens (tertiary/aromatic N) is 6. The van der Waals surface area contributed by atoms with Crippen molar-refractivity contribution in [3.05, 3.63) is 75.3 Å². The molecular weight excluding hydrogens is 478 g/mol. The molecule has 0 saturated carbocycles. The summed E-state index contributed by atoms with van der Waals surface area (Å²) < 4.78 is 7.22. The van der Waals surface area contributed by atoms with Crippen LogP contribution in [0.3, 0.4) is 0 Å². The molecule has 1 aliphatic rings. The molecular formula is C29H37N7O2. The monoisotopic (exact) mass is 515 g/mol. The number of methoxy groups -OCH3 is 1. The van der Waals surface area contributed by atoms with Crippen LogP contribution in [0.25, 0.3) is 10.9 Å². The topological polar surface area (TPSA) is 92.2 Å². The van der Waals surface area contributed by atoms with Crippen LogP contribution in [0.15, 0.2) is 47.3 Å². The van der Waals surface area contributed by atoms with Crippen molar-refractivity contribution >= 4 is 16.6 Å². The zero-order valence-electron chi connectivity index (χ0n) is 23.2. The number of aromatic amines is 1. The first-order valence-corrected chi connectivity index (χ1v) is 13.3. The van der Waals surface area contributed by atoms with Crippen molar-refractivity contribution in [2.45, 2.75) is 52.6 Å². The van der Waals surface area contributed by atoms with Gasteiger partial charge in [-0.1, -0.05) is 6.92 Å². The highest BCUT2D eigenvalue weighted by Gasteiger charge is 2.35. The molecule has 9 nitrogen and oxygen atoms in total. The first-order valence-electron chi connectivity index (χ1n) is 13.3. The Balaban J connectivity index is 1.55. The van der Waals surface area contributed by atoms with Crippen molar-refractivity contribution in [1.29, 1.82) is 0 Å². The maximum atomic E-state index is 13.6. The molecule has 0 aliphatic carbocycles. The first kappa shape index (κ1) is 25.9. The molecule has 1 saturated heterocycles. The van der Waals surface area contributed by atoms with Crippen molar-refractivity contribution < 1.29 is 4.74 Å². The van der Waals surface area contributed by atoms with E-state index < -0.39 is 0 Å². The fraction of sp³-hybridized carbons (Fsp3) is 0.448. The average Bonchev–Trinajstić information content (AvgIpc) is 3.41. The summed E-state index contributed by atoms with van der Waals surface area (Å²) in [5.41, 5.74) is 4.62. The van der Waals surface area contributed by atoms with E-state index in [4.69, 9.17) is 4.74 Å². The second-order valence-corrected chi connectivity index (χ2v) is 10.8. The molecule has 9 heteroatoms. The van der Waals surface area contributed by atoms with E-state index in [-0.39, 0.29) is 17.1 Å². The zero-order valence-corrected chi connectivity index (χ0v) is 23.2. The van der Waals surface area contributed by atoms with E-state index in [1.54, 1.807) is 7.11 Å². The van der Waals surface area contributed by atoms with Gasteiger partial charge in [0.25, 0.3) is 5.56 Å². The number of piperazine rings is 1. The molecule has 0 radical (unpaired) electrons. The van der Waals surface area contributed by atoms with E-state index in [0.29, 0.717) is 11.4 Å². The Kier molecular flexibility index (Phi) is 6.96. The highest BCUT2D eigenvalue weighted by atomic mass is 16.5. The van der Waals surface area contributed by atoms with Gasteiger partial charge < -0.3 is 14.6 Å². The number of benzene rings is 2. The number of anilines is 1. The number of aryl methyl sites for hydroxylation is 2. The molecule has 2 aromatic heterocycles. The second kappa shape index (κ2) is 10.2. The number of nitrogens with one attached hydrogen (secondary N) is 1. The number of fused-ring (bicyclic) bond motifs is 1. The van der Waals surface area contributed by atoms with Gasteiger partial charge in [-0.3, -0.25) is 9.69 Å². The largest absolute Gasteiger partial charge is 0.497 e. The fourth-order valence-corrected chi connectivity index (χ4v) is 5.17. The van der Waals surface area contributed by atoms with Gasteiger partial charge in [-0.2, -0.15) is 0 Å². The molecule has 1 atom stereocenters. The van der Waals surface area contributed by atoms with Crippen molar-refractivity contribution in [1.82, 2.24) is 30.1 Å². The van der Waals surface area contributed by atoms with Crippen LogP contribution in [-0.4, -0.2) is 63.4 Å². The third-order valence-electron chi connectivity index (χ3n) is 8.08. The minimum atomic E-state index is -0.372. The maximum Gasteiger partial charge on any atom is 0.253 e.